The molecule has 0 spiro atoms. The van der Waals surface area contributed by atoms with E-state index in [1.807, 2.05) is 25.6 Å². The number of carbonyl (C=O) groups is 1. The van der Waals surface area contributed by atoms with E-state index in [1.54, 1.807) is 19.1 Å². The van der Waals surface area contributed by atoms with Crippen molar-refractivity contribution in [1.29, 1.82) is 0 Å². The van der Waals surface area contributed by atoms with E-state index in [-0.39, 0.29) is 11.7 Å². The molecule has 0 saturated heterocycles. The zero-order valence-electron chi connectivity index (χ0n) is 12.8. The van der Waals surface area contributed by atoms with Crippen molar-refractivity contribution in [3.8, 4) is 0 Å². The molecule has 0 aliphatic heterocycles. The van der Waals surface area contributed by atoms with Crippen LogP contribution in [0, 0.1) is 26.6 Å². The van der Waals surface area contributed by atoms with E-state index in [4.69, 9.17) is 0 Å². The first kappa shape index (κ1) is 15.2. The summed E-state index contributed by atoms with van der Waals surface area (Å²) in [6.07, 6.45) is 0.981. The van der Waals surface area contributed by atoms with Gasteiger partial charge in [0.15, 0.2) is 0 Å². The third kappa shape index (κ3) is 3.48. The summed E-state index contributed by atoms with van der Waals surface area (Å²) in [4.78, 5) is 12.0. The van der Waals surface area contributed by atoms with Gasteiger partial charge in [0.1, 0.15) is 5.82 Å². The van der Waals surface area contributed by atoms with Gasteiger partial charge in [-0.15, -0.1) is 0 Å². The normalized spacial score (nSPS) is 10.7. The maximum Gasteiger partial charge on any atom is 0.224 e. The highest BCUT2D eigenvalue weighted by Gasteiger charge is 2.11. The Kier molecular flexibility index (Phi) is 4.40. The Morgan fingerprint density at radius 2 is 2.05 bits per heavy atom. The first-order valence-corrected chi connectivity index (χ1v) is 6.93. The van der Waals surface area contributed by atoms with E-state index in [0.717, 1.165) is 17.0 Å². The maximum atomic E-state index is 13.4. The van der Waals surface area contributed by atoms with Crippen LogP contribution in [-0.4, -0.2) is 15.7 Å². The number of rotatable bonds is 4. The standard InChI is InChI=1S/C16H20FN3O/c1-10-5-6-13(9-15(10)17)18-16(21)8-7-14-11(2)19-20(4)12(14)3/h5-6,9H,7-8H2,1-4H3,(H,18,21). The lowest BCUT2D eigenvalue weighted by atomic mass is 10.1. The molecule has 5 heteroatoms. The number of hydrogen-bond donors (Lipinski definition) is 1. The largest absolute Gasteiger partial charge is 0.326 e. The molecule has 2 rings (SSSR count). The average molecular weight is 289 g/mol. The Morgan fingerprint density at radius 1 is 1.33 bits per heavy atom. The maximum absolute atomic E-state index is 13.4. The summed E-state index contributed by atoms with van der Waals surface area (Å²) < 4.78 is 15.2. The molecule has 4 nitrogen and oxygen atoms in total. The van der Waals surface area contributed by atoms with Gasteiger partial charge in [-0.05, 0) is 50.5 Å². The molecule has 1 aromatic heterocycles. The lowest BCUT2D eigenvalue weighted by Gasteiger charge is -2.07. The fourth-order valence-corrected chi connectivity index (χ4v) is 2.31. The van der Waals surface area contributed by atoms with E-state index in [9.17, 15) is 9.18 Å². The zero-order valence-corrected chi connectivity index (χ0v) is 12.8. The minimum absolute atomic E-state index is 0.124. The SMILES string of the molecule is Cc1ccc(NC(=O)CCc2c(C)nn(C)c2C)cc1F. The number of halogens is 1. The van der Waals surface area contributed by atoms with Gasteiger partial charge in [0.05, 0.1) is 5.69 Å². The summed E-state index contributed by atoms with van der Waals surface area (Å²) in [5, 5.41) is 7.05. The molecule has 112 valence electrons. The van der Waals surface area contributed by atoms with Crippen LogP contribution in [-0.2, 0) is 18.3 Å². The molecule has 0 aliphatic carbocycles. The van der Waals surface area contributed by atoms with E-state index >= 15 is 0 Å². The number of anilines is 1. The predicted molar refractivity (Wildman–Crippen MR) is 80.8 cm³/mol. The molecule has 21 heavy (non-hydrogen) atoms. The average Bonchev–Trinajstić information content (AvgIpc) is 2.66. The van der Waals surface area contributed by atoms with E-state index in [2.05, 4.69) is 10.4 Å². The molecular formula is C16H20FN3O. The summed E-state index contributed by atoms with van der Waals surface area (Å²) in [6.45, 7) is 5.62. The second-order valence-corrected chi connectivity index (χ2v) is 5.29. The number of amides is 1. The lowest BCUT2D eigenvalue weighted by Crippen LogP contribution is -2.13. The van der Waals surface area contributed by atoms with Crippen LogP contribution in [0.15, 0.2) is 18.2 Å². The molecular weight excluding hydrogens is 269 g/mol. The summed E-state index contributed by atoms with van der Waals surface area (Å²) in [5.41, 5.74) is 4.17. The van der Waals surface area contributed by atoms with E-state index < -0.39 is 0 Å². The van der Waals surface area contributed by atoms with Crippen molar-refractivity contribution in [1.82, 2.24) is 9.78 Å². The Balaban J connectivity index is 1.97. The van der Waals surface area contributed by atoms with Gasteiger partial charge in [0, 0.05) is 24.8 Å². The van der Waals surface area contributed by atoms with Gasteiger partial charge < -0.3 is 5.32 Å². The summed E-state index contributed by atoms with van der Waals surface area (Å²) in [7, 11) is 1.89. The van der Waals surface area contributed by atoms with Crippen molar-refractivity contribution in [2.24, 2.45) is 7.05 Å². The van der Waals surface area contributed by atoms with Crippen LogP contribution in [0.25, 0.3) is 0 Å². The van der Waals surface area contributed by atoms with Gasteiger partial charge in [0.25, 0.3) is 0 Å². The summed E-state index contributed by atoms with van der Waals surface area (Å²) >= 11 is 0. The Morgan fingerprint density at radius 3 is 2.62 bits per heavy atom. The number of nitrogens with one attached hydrogen (secondary N) is 1. The van der Waals surface area contributed by atoms with E-state index in [1.165, 1.54) is 6.07 Å². The van der Waals surface area contributed by atoms with Gasteiger partial charge >= 0.3 is 0 Å². The molecule has 0 fully saturated rings. The van der Waals surface area contributed by atoms with Crippen LogP contribution in [0.5, 0.6) is 0 Å². The van der Waals surface area contributed by atoms with Crippen LogP contribution in [0.3, 0.4) is 0 Å². The number of carbonyl (C=O) groups excluding carboxylic acids is 1. The third-order valence-corrected chi connectivity index (χ3v) is 3.72. The highest BCUT2D eigenvalue weighted by molar-refractivity contribution is 5.90. The number of nitrogens with zero attached hydrogens (tertiary/aromatic N) is 2. The third-order valence-electron chi connectivity index (χ3n) is 3.72. The van der Waals surface area contributed by atoms with Gasteiger partial charge in [-0.1, -0.05) is 6.07 Å². The van der Waals surface area contributed by atoms with Crippen molar-refractivity contribution in [3.63, 3.8) is 0 Å². The molecule has 0 bridgehead atoms. The molecule has 0 radical (unpaired) electrons. The van der Waals surface area contributed by atoms with Gasteiger partial charge in [-0.25, -0.2) is 4.39 Å². The molecule has 1 heterocycles. The minimum Gasteiger partial charge on any atom is -0.326 e. The zero-order chi connectivity index (χ0) is 15.6. The molecule has 0 atom stereocenters. The topological polar surface area (TPSA) is 46.9 Å². The molecule has 1 aromatic carbocycles. The molecule has 1 amide bonds. The monoisotopic (exact) mass is 289 g/mol. The quantitative estimate of drug-likeness (QED) is 0.940. The number of aryl methyl sites for hydroxylation is 3. The highest BCUT2D eigenvalue weighted by atomic mass is 19.1. The first-order valence-electron chi connectivity index (χ1n) is 6.93. The van der Waals surface area contributed by atoms with Gasteiger partial charge in [-0.2, -0.15) is 5.10 Å². The predicted octanol–water partition coefficient (Wildman–Crippen LogP) is 3.06. The van der Waals surface area contributed by atoms with E-state index in [0.29, 0.717) is 24.1 Å². The second kappa shape index (κ2) is 6.08. The van der Waals surface area contributed by atoms with Crippen molar-refractivity contribution in [2.75, 3.05) is 5.32 Å². The molecule has 0 unspecified atom stereocenters. The lowest BCUT2D eigenvalue weighted by molar-refractivity contribution is -0.116. The Hall–Kier alpha value is -2.17. The number of aromatic nitrogens is 2. The smallest absolute Gasteiger partial charge is 0.224 e. The second-order valence-electron chi connectivity index (χ2n) is 5.29. The van der Waals surface area contributed by atoms with Gasteiger partial charge in [-0.3, -0.25) is 9.48 Å². The van der Waals surface area contributed by atoms with Crippen LogP contribution in [0.2, 0.25) is 0 Å². The van der Waals surface area contributed by atoms with Crippen molar-refractivity contribution >= 4 is 11.6 Å². The van der Waals surface area contributed by atoms with Crippen molar-refractivity contribution < 1.29 is 9.18 Å². The highest BCUT2D eigenvalue weighted by Crippen LogP contribution is 2.16. The Bertz CT molecular complexity index is 676. The molecule has 0 aliphatic rings. The summed E-state index contributed by atoms with van der Waals surface area (Å²) in [6, 6.07) is 4.70. The van der Waals surface area contributed by atoms with Crippen molar-refractivity contribution in [2.45, 2.75) is 33.6 Å². The van der Waals surface area contributed by atoms with Crippen molar-refractivity contribution in [3.05, 3.63) is 46.5 Å². The molecule has 2 aromatic rings. The first-order chi connectivity index (χ1) is 9.88. The molecule has 0 saturated carbocycles. The van der Waals surface area contributed by atoms with Crippen LogP contribution in [0.1, 0.15) is 28.9 Å². The van der Waals surface area contributed by atoms with Crippen LogP contribution in [0.4, 0.5) is 10.1 Å². The summed E-state index contributed by atoms with van der Waals surface area (Å²) in [5.74, 6) is -0.437. The fourth-order valence-electron chi connectivity index (χ4n) is 2.31. The Labute approximate surface area is 124 Å². The molecule has 1 N–H and O–H groups in total. The van der Waals surface area contributed by atoms with Gasteiger partial charge in [0.2, 0.25) is 5.91 Å². The number of benzene rings is 1. The number of hydrogen-bond acceptors (Lipinski definition) is 2. The van der Waals surface area contributed by atoms with Crippen LogP contribution < -0.4 is 5.32 Å². The minimum atomic E-state index is -0.313. The van der Waals surface area contributed by atoms with Crippen LogP contribution >= 0.6 is 0 Å². The fraction of sp³-hybridized carbons (Fsp3) is 0.375.